The molecule has 0 bridgehead atoms. The Hall–Kier alpha value is -0.0800. The predicted octanol–water partition coefficient (Wildman–Crippen LogP) is 2.80. The molecule has 0 aromatic carbocycles. The normalized spacial score (nSPS) is 15.0. The molecule has 0 aromatic heterocycles. The van der Waals surface area contributed by atoms with Crippen LogP contribution in [0.2, 0.25) is 0 Å². The van der Waals surface area contributed by atoms with E-state index in [-0.39, 0.29) is 5.41 Å². The molecule has 0 saturated carbocycles. The molecule has 0 fully saturated rings. The highest BCUT2D eigenvalue weighted by molar-refractivity contribution is 4.65. The molecule has 0 rings (SSSR count). The standard InChI is InChI=1S/C11H24O2/c1-6-9(7-2)8-13-10(12)11(3,4)5/h9-10,12H,6-8H2,1-5H3. The van der Waals surface area contributed by atoms with Crippen molar-refractivity contribution in [3.8, 4) is 0 Å². The van der Waals surface area contributed by atoms with E-state index in [4.69, 9.17) is 4.74 Å². The molecule has 0 heterocycles. The van der Waals surface area contributed by atoms with E-state index in [9.17, 15) is 5.11 Å². The van der Waals surface area contributed by atoms with Crippen LogP contribution in [0.5, 0.6) is 0 Å². The van der Waals surface area contributed by atoms with Crippen molar-refractivity contribution < 1.29 is 9.84 Å². The summed E-state index contributed by atoms with van der Waals surface area (Å²) in [6, 6.07) is 0. The second kappa shape index (κ2) is 5.61. The molecule has 0 aliphatic heterocycles. The number of ether oxygens (including phenoxy) is 1. The van der Waals surface area contributed by atoms with Crippen molar-refractivity contribution in [2.75, 3.05) is 6.61 Å². The zero-order valence-electron chi connectivity index (χ0n) is 9.63. The SMILES string of the molecule is CCC(CC)COC(O)C(C)(C)C. The Morgan fingerprint density at radius 3 is 1.92 bits per heavy atom. The predicted molar refractivity (Wildman–Crippen MR) is 55.5 cm³/mol. The summed E-state index contributed by atoms with van der Waals surface area (Å²) in [7, 11) is 0. The molecule has 80 valence electrons. The average molecular weight is 188 g/mol. The Bertz CT molecular complexity index is 123. The highest BCUT2D eigenvalue weighted by Crippen LogP contribution is 2.21. The quantitative estimate of drug-likeness (QED) is 0.672. The minimum Gasteiger partial charge on any atom is -0.368 e. The summed E-state index contributed by atoms with van der Waals surface area (Å²) < 4.78 is 5.41. The third-order valence-electron chi connectivity index (χ3n) is 2.39. The van der Waals surface area contributed by atoms with Crippen LogP contribution >= 0.6 is 0 Å². The summed E-state index contributed by atoms with van der Waals surface area (Å²) in [4.78, 5) is 0. The van der Waals surface area contributed by atoms with Crippen LogP contribution in [0, 0.1) is 11.3 Å². The van der Waals surface area contributed by atoms with Crippen LogP contribution in [0.3, 0.4) is 0 Å². The van der Waals surface area contributed by atoms with Crippen molar-refractivity contribution in [3.05, 3.63) is 0 Å². The first-order chi connectivity index (χ1) is 5.91. The van der Waals surface area contributed by atoms with Crippen molar-refractivity contribution in [2.24, 2.45) is 11.3 Å². The first-order valence-electron chi connectivity index (χ1n) is 5.21. The lowest BCUT2D eigenvalue weighted by Crippen LogP contribution is -2.30. The maximum atomic E-state index is 9.60. The van der Waals surface area contributed by atoms with E-state index < -0.39 is 6.29 Å². The second-order valence-electron chi connectivity index (χ2n) is 4.73. The molecule has 0 amide bonds. The van der Waals surface area contributed by atoms with Crippen LogP contribution < -0.4 is 0 Å². The fourth-order valence-electron chi connectivity index (χ4n) is 1.00. The second-order valence-corrected chi connectivity index (χ2v) is 4.73. The molecule has 0 saturated heterocycles. The van der Waals surface area contributed by atoms with E-state index in [0.717, 1.165) is 12.8 Å². The highest BCUT2D eigenvalue weighted by atomic mass is 16.6. The maximum Gasteiger partial charge on any atom is 0.159 e. The van der Waals surface area contributed by atoms with E-state index in [1.807, 2.05) is 20.8 Å². The van der Waals surface area contributed by atoms with E-state index in [0.29, 0.717) is 12.5 Å². The zero-order chi connectivity index (χ0) is 10.5. The van der Waals surface area contributed by atoms with Crippen molar-refractivity contribution in [3.63, 3.8) is 0 Å². The largest absolute Gasteiger partial charge is 0.368 e. The summed E-state index contributed by atoms with van der Waals surface area (Å²) >= 11 is 0. The first-order valence-corrected chi connectivity index (χ1v) is 5.21. The molecule has 0 aromatic rings. The van der Waals surface area contributed by atoms with Gasteiger partial charge in [-0.2, -0.15) is 0 Å². The van der Waals surface area contributed by atoms with Crippen molar-refractivity contribution in [2.45, 2.75) is 53.8 Å². The molecule has 2 nitrogen and oxygen atoms in total. The van der Waals surface area contributed by atoms with Gasteiger partial charge in [0, 0.05) is 5.41 Å². The molecule has 2 heteroatoms. The molecule has 0 radical (unpaired) electrons. The lowest BCUT2D eigenvalue weighted by molar-refractivity contribution is -0.166. The van der Waals surface area contributed by atoms with Gasteiger partial charge in [-0.05, 0) is 5.92 Å². The van der Waals surface area contributed by atoms with E-state index >= 15 is 0 Å². The van der Waals surface area contributed by atoms with E-state index in [1.165, 1.54) is 0 Å². The summed E-state index contributed by atoms with van der Waals surface area (Å²) in [6.07, 6.45) is 1.59. The number of aliphatic hydroxyl groups is 1. The minimum absolute atomic E-state index is 0.175. The lowest BCUT2D eigenvalue weighted by atomic mass is 9.96. The van der Waals surface area contributed by atoms with Gasteiger partial charge in [0.05, 0.1) is 6.61 Å². The molecule has 13 heavy (non-hydrogen) atoms. The summed E-state index contributed by atoms with van der Waals surface area (Å²) in [5, 5.41) is 9.60. The molecular weight excluding hydrogens is 164 g/mol. The van der Waals surface area contributed by atoms with E-state index in [1.54, 1.807) is 0 Å². The minimum atomic E-state index is -0.645. The van der Waals surface area contributed by atoms with Crippen LogP contribution in [0.1, 0.15) is 47.5 Å². The van der Waals surface area contributed by atoms with Crippen LogP contribution in [0.15, 0.2) is 0 Å². The Morgan fingerprint density at radius 1 is 1.15 bits per heavy atom. The number of hydrogen-bond acceptors (Lipinski definition) is 2. The number of rotatable bonds is 5. The van der Waals surface area contributed by atoms with Gasteiger partial charge < -0.3 is 9.84 Å². The summed E-state index contributed by atoms with van der Waals surface area (Å²) in [6.45, 7) is 10.9. The van der Waals surface area contributed by atoms with Gasteiger partial charge in [-0.25, -0.2) is 0 Å². The smallest absolute Gasteiger partial charge is 0.159 e. The Balaban J connectivity index is 3.75. The monoisotopic (exact) mass is 188 g/mol. The molecule has 0 aliphatic rings. The molecule has 0 spiro atoms. The molecule has 1 atom stereocenters. The van der Waals surface area contributed by atoms with Crippen LogP contribution in [0.4, 0.5) is 0 Å². The Labute approximate surface area is 82.3 Å². The number of hydrogen-bond donors (Lipinski definition) is 1. The van der Waals surface area contributed by atoms with Gasteiger partial charge in [0.2, 0.25) is 0 Å². The van der Waals surface area contributed by atoms with E-state index in [2.05, 4.69) is 13.8 Å². The van der Waals surface area contributed by atoms with Gasteiger partial charge in [-0.1, -0.05) is 47.5 Å². The Kier molecular flexibility index (Phi) is 5.57. The zero-order valence-corrected chi connectivity index (χ0v) is 9.63. The van der Waals surface area contributed by atoms with Gasteiger partial charge in [-0.3, -0.25) is 0 Å². The molecule has 1 N–H and O–H groups in total. The molecular formula is C11H24O2. The van der Waals surface area contributed by atoms with Gasteiger partial charge in [0.25, 0.3) is 0 Å². The van der Waals surface area contributed by atoms with Crippen molar-refractivity contribution >= 4 is 0 Å². The maximum absolute atomic E-state index is 9.60. The van der Waals surface area contributed by atoms with Crippen LogP contribution in [-0.2, 0) is 4.74 Å². The third-order valence-corrected chi connectivity index (χ3v) is 2.39. The van der Waals surface area contributed by atoms with Gasteiger partial charge in [0.15, 0.2) is 6.29 Å². The van der Waals surface area contributed by atoms with Crippen molar-refractivity contribution in [1.29, 1.82) is 0 Å². The summed E-state index contributed by atoms with van der Waals surface area (Å²) in [5.41, 5.74) is -0.175. The van der Waals surface area contributed by atoms with Crippen LogP contribution in [-0.4, -0.2) is 18.0 Å². The third kappa shape index (κ3) is 5.27. The topological polar surface area (TPSA) is 29.5 Å². The van der Waals surface area contributed by atoms with Crippen LogP contribution in [0.25, 0.3) is 0 Å². The average Bonchev–Trinajstić information content (AvgIpc) is 2.04. The van der Waals surface area contributed by atoms with Gasteiger partial charge in [0.1, 0.15) is 0 Å². The fourth-order valence-corrected chi connectivity index (χ4v) is 1.00. The van der Waals surface area contributed by atoms with Gasteiger partial charge in [-0.15, -0.1) is 0 Å². The first kappa shape index (κ1) is 12.9. The van der Waals surface area contributed by atoms with Crippen molar-refractivity contribution in [1.82, 2.24) is 0 Å². The Morgan fingerprint density at radius 2 is 1.62 bits per heavy atom. The summed E-state index contributed by atoms with van der Waals surface area (Å²) in [5.74, 6) is 0.581. The number of aliphatic hydroxyl groups excluding tert-OH is 1. The fraction of sp³-hybridized carbons (Fsp3) is 1.00. The highest BCUT2D eigenvalue weighted by Gasteiger charge is 2.23. The molecule has 0 aliphatic carbocycles. The lowest BCUT2D eigenvalue weighted by Gasteiger charge is -2.27. The molecule has 1 unspecified atom stereocenters. The van der Waals surface area contributed by atoms with Gasteiger partial charge >= 0.3 is 0 Å².